The molecule has 0 amide bonds. The van der Waals surface area contributed by atoms with E-state index in [1.54, 1.807) is 6.07 Å². The van der Waals surface area contributed by atoms with Gasteiger partial charge in [0.15, 0.2) is 5.82 Å². The van der Waals surface area contributed by atoms with E-state index in [0.717, 1.165) is 43.6 Å². The summed E-state index contributed by atoms with van der Waals surface area (Å²) >= 11 is 0. The Labute approximate surface area is 135 Å². The molecule has 0 unspecified atom stereocenters. The highest BCUT2D eigenvalue weighted by atomic mass is 19.1. The van der Waals surface area contributed by atoms with Gasteiger partial charge in [0.1, 0.15) is 11.6 Å². The van der Waals surface area contributed by atoms with E-state index in [4.69, 9.17) is 9.72 Å². The van der Waals surface area contributed by atoms with Crippen LogP contribution >= 0.6 is 0 Å². The molecule has 3 heterocycles. The Kier molecular flexibility index (Phi) is 3.89. The lowest BCUT2D eigenvalue weighted by atomic mass is 9.88. The van der Waals surface area contributed by atoms with Gasteiger partial charge in [-0.3, -0.25) is 0 Å². The van der Waals surface area contributed by atoms with Crippen molar-refractivity contribution < 1.29 is 9.13 Å². The Morgan fingerprint density at radius 2 is 2.26 bits per heavy atom. The zero-order valence-corrected chi connectivity index (χ0v) is 13.4. The van der Waals surface area contributed by atoms with Crippen LogP contribution in [-0.4, -0.2) is 27.0 Å². The van der Waals surface area contributed by atoms with Gasteiger partial charge in [-0.1, -0.05) is 25.5 Å². The van der Waals surface area contributed by atoms with Gasteiger partial charge < -0.3 is 4.74 Å². The largest absolute Gasteiger partial charge is 0.374 e. The molecule has 2 aliphatic heterocycles. The lowest BCUT2D eigenvalue weighted by Gasteiger charge is -2.18. The summed E-state index contributed by atoms with van der Waals surface area (Å²) in [6.45, 7) is 3.03. The minimum Gasteiger partial charge on any atom is -0.374 e. The molecule has 1 aromatic heterocycles. The molecule has 0 saturated carbocycles. The van der Waals surface area contributed by atoms with E-state index in [9.17, 15) is 4.39 Å². The molecule has 2 fully saturated rings. The number of aryl methyl sites for hydroxylation is 1. The van der Waals surface area contributed by atoms with Crippen LogP contribution in [0.4, 0.5) is 4.39 Å². The second kappa shape index (κ2) is 6.04. The van der Waals surface area contributed by atoms with Crippen LogP contribution < -0.4 is 0 Å². The maximum Gasteiger partial charge on any atom is 0.181 e. The molecular weight excluding hydrogens is 293 g/mol. The second-order valence-electron chi connectivity index (χ2n) is 6.60. The molecule has 23 heavy (non-hydrogen) atoms. The van der Waals surface area contributed by atoms with Crippen LogP contribution in [0, 0.1) is 5.82 Å². The summed E-state index contributed by atoms with van der Waals surface area (Å²) in [6.07, 6.45) is 6.18. The molecule has 0 aliphatic carbocycles. The summed E-state index contributed by atoms with van der Waals surface area (Å²) in [5.74, 6) is 1.72. The number of fused-ring (bicyclic) bond motifs is 2. The molecule has 2 bridgehead atoms. The zero-order chi connectivity index (χ0) is 15.8. The smallest absolute Gasteiger partial charge is 0.181 e. The first kappa shape index (κ1) is 14.8. The number of unbranched alkanes of at least 4 members (excludes halogenated alkanes) is 1. The summed E-state index contributed by atoms with van der Waals surface area (Å²) in [5.41, 5.74) is 0.741. The number of aromatic nitrogens is 3. The van der Waals surface area contributed by atoms with Gasteiger partial charge in [-0.25, -0.2) is 14.1 Å². The zero-order valence-electron chi connectivity index (χ0n) is 13.4. The summed E-state index contributed by atoms with van der Waals surface area (Å²) in [4.78, 5) is 4.78. The normalized spacial score (nSPS) is 26.1. The third-order valence-corrected chi connectivity index (χ3v) is 4.94. The monoisotopic (exact) mass is 315 g/mol. The molecule has 5 heteroatoms. The fourth-order valence-corrected chi connectivity index (χ4v) is 3.76. The van der Waals surface area contributed by atoms with Crippen molar-refractivity contribution in [3.8, 4) is 11.4 Å². The van der Waals surface area contributed by atoms with Gasteiger partial charge >= 0.3 is 0 Å². The van der Waals surface area contributed by atoms with Crippen molar-refractivity contribution in [2.24, 2.45) is 0 Å². The van der Waals surface area contributed by atoms with Crippen LogP contribution in [0.1, 0.15) is 50.8 Å². The molecule has 3 atom stereocenters. The van der Waals surface area contributed by atoms with E-state index >= 15 is 0 Å². The first-order valence-electron chi connectivity index (χ1n) is 8.60. The number of hydrogen-bond acceptors (Lipinski definition) is 3. The predicted octanol–water partition coefficient (Wildman–Crippen LogP) is 3.92. The Morgan fingerprint density at radius 3 is 2.96 bits per heavy atom. The highest BCUT2D eigenvalue weighted by Gasteiger charge is 2.43. The van der Waals surface area contributed by atoms with E-state index < -0.39 is 0 Å². The Balaban J connectivity index is 1.69. The number of benzene rings is 1. The Hall–Kier alpha value is -1.75. The van der Waals surface area contributed by atoms with Crippen LogP contribution in [0.25, 0.3) is 11.4 Å². The lowest BCUT2D eigenvalue weighted by molar-refractivity contribution is 0.0994. The van der Waals surface area contributed by atoms with Crippen LogP contribution in [0.5, 0.6) is 0 Å². The van der Waals surface area contributed by atoms with Crippen LogP contribution in [0.15, 0.2) is 24.3 Å². The first-order valence-corrected chi connectivity index (χ1v) is 8.60. The highest BCUT2D eigenvalue weighted by molar-refractivity contribution is 5.54. The van der Waals surface area contributed by atoms with E-state index in [2.05, 4.69) is 12.0 Å². The standard InChI is InChI=1S/C18H22FN3O/c1-2-3-9-22-18(15-11-14-7-8-16(15)23-14)20-17(21-22)12-5-4-6-13(19)10-12/h4-6,10,14-16H,2-3,7-9,11H2,1H3/t14-,15+,16+/m0/s1. The van der Waals surface area contributed by atoms with Crippen molar-refractivity contribution in [1.29, 1.82) is 0 Å². The average molecular weight is 315 g/mol. The first-order chi connectivity index (χ1) is 11.2. The summed E-state index contributed by atoms with van der Waals surface area (Å²) in [5, 5.41) is 4.67. The average Bonchev–Trinajstić information content (AvgIpc) is 3.27. The fraction of sp³-hybridized carbons (Fsp3) is 0.556. The molecule has 0 N–H and O–H groups in total. The maximum atomic E-state index is 13.5. The number of rotatable bonds is 5. The third kappa shape index (κ3) is 2.78. The molecule has 0 radical (unpaired) electrons. The van der Waals surface area contributed by atoms with Crippen LogP contribution in [0.2, 0.25) is 0 Å². The molecule has 1 aromatic carbocycles. The van der Waals surface area contributed by atoms with Gasteiger partial charge in [-0.05, 0) is 37.8 Å². The third-order valence-electron chi connectivity index (χ3n) is 4.94. The van der Waals surface area contributed by atoms with E-state index in [1.807, 2.05) is 10.7 Å². The van der Waals surface area contributed by atoms with Crippen molar-refractivity contribution in [3.63, 3.8) is 0 Å². The number of halogens is 1. The van der Waals surface area contributed by atoms with E-state index in [0.29, 0.717) is 17.8 Å². The van der Waals surface area contributed by atoms with Crippen LogP contribution in [-0.2, 0) is 11.3 Å². The van der Waals surface area contributed by atoms with Crippen molar-refractivity contribution in [2.75, 3.05) is 0 Å². The molecule has 2 saturated heterocycles. The highest BCUT2D eigenvalue weighted by Crippen LogP contribution is 2.44. The van der Waals surface area contributed by atoms with Crippen molar-refractivity contribution in [2.45, 2.75) is 63.7 Å². The molecular formula is C18H22FN3O. The van der Waals surface area contributed by atoms with E-state index in [1.165, 1.54) is 18.6 Å². The Morgan fingerprint density at radius 1 is 1.35 bits per heavy atom. The molecule has 2 aromatic rings. The fourth-order valence-electron chi connectivity index (χ4n) is 3.76. The van der Waals surface area contributed by atoms with Crippen molar-refractivity contribution in [3.05, 3.63) is 35.9 Å². The van der Waals surface area contributed by atoms with Gasteiger partial charge in [0.2, 0.25) is 0 Å². The van der Waals surface area contributed by atoms with Crippen LogP contribution in [0.3, 0.4) is 0 Å². The second-order valence-corrected chi connectivity index (χ2v) is 6.60. The van der Waals surface area contributed by atoms with Crippen molar-refractivity contribution in [1.82, 2.24) is 14.8 Å². The number of hydrogen-bond donors (Lipinski definition) is 0. The number of ether oxygens (including phenoxy) is 1. The summed E-state index contributed by atoms with van der Waals surface area (Å²) in [6, 6.07) is 6.52. The molecule has 0 spiro atoms. The number of nitrogens with zero attached hydrogens (tertiary/aromatic N) is 3. The SMILES string of the molecule is CCCCn1nc(-c2cccc(F)c2)nc1[C@@H]1C[C@@H]2CC[C@H]1O2. The van der Waals surface area contributed by atoms with Gasteiger partial charge in [0.25, 0.3) is 0 Å². The van der Waals surface area contributed by atoms with E-state index in [-0.39, 0.29) is 11.9 Å². The molecule has 122 valence electrons. The quantitative estimate of drug-likeness (QED) is 0.839. The maximum absolute atomic E-state index is 13.5. The molecule has 4 nitrogen and oxygen atoms in total. The Bertz CT molecular complexity index is 699. The van der Waals surface area contributed by atoms with Gasteiger partial charge in [0, 0.05) is 18.0 Å². The van der Waals surface area contributed by atoms with Gasteiger partial charge in [0.05, 0.1) is 12.2 Å². The molecule has 4 rings (SSSR count). The summed E-state index contributed by atoms with van der Waals surface area (Å²) in [7, 11) is 0. The van der Waals surface area contributed by atoms with Crippen molar-refractivity contribution >= 4 is 0 Å². The van der Waals surface area contributed by atoms with Gasteiger partial charge in [-0.15, -0.1) is 0 Å². The van der Waals surface area contributed by atoms with Gasteiger partial charge in [-0.2, -0.15) is 5.10 Å². The predicted molar refractivity (Wildman–Crippen MR) is 85.6 cm³/mol. The minimum absolute atomic E-state index is 0.253. The topological polar surface area (TPSA) is 39.9 Å². The molecule has 2 aliphatic rings. The summed E-state index contributed by atoms with van der Waals surface area (Å²) < 4.78 is 21.5. The lowest BCUT2D eigenvalue weighted by Crippen LogP contribution is -2.19. The minimum atomic E-state index is -0.253.